The predicted octanol–water partition coefficient (Wildman–Crippen LogP) is 1.93. The summed E-state index contributed by atoms with van der Waals surface area (Å²) in [7, 11) is 0. The average molecular weight is 313 g/mol. The van der Waals surface area contributed by atoms with Crippen LogP contribution in [0.5, 0.6) is 0 Å². The maximum atomic E-state index is 12.1. The highest BCUT2D eigenvalue weighted by Gasteiger charge is 2.12. The van der Waals surface area contributed by atoms with E-state index in [4.69, 9.17) is 0 Å². The van der Waals surface area contributed by atoms with Crippen molar-refractivity contribution in [3.05, 3.63) is 42.1 Å². The number of hydrogen-bond acceptors (Lipinski definition) is 4. The third kappa shape index (κ3) is 3.15. The second-order valence-corrected chi connectivity index (χ2v) is 5.54. The second kappa shape index (κ2) is 6.07. The van der Waals surface area contributed by atoms with E-state index in [1.807, 2.05) is 43.8 Å². The number of rotatable bonds is 4. The molecule has 2 N–H and O–H groups in total. The van der Waals surface area contributed by atoms with Gasteiger partial charge in [-0.25, -0.2) is 4.79 Å². The number of fused-ring (bicyclic) bond motifs is 1. The normalized spacial score (nSPS) is 12.3. The van der Waals surface area contributed by atoms with Crippen LogP contribution in [0.25, 0.3) is 5.65 Å². The van der Waals surface area contributed by atoms with Crippen LogP contribution in [0.3, 0.4) is 0 Å². The smallest absolute Gasteiger partial charge is 0.319 e. The zero-order valence-corrected chi connectivity index (χ0v) is 13.3. The van der Waals surface area contributed by atoms with Gasteiger partial charge in [-0.3, -0.25) is 9.08 Å². The van der Waals surface area contributed by atoms with Gasteiger partial charge in [-0.05, 0) is 39.0 Å². The van der Waals surface area contributed by atoms with Crippen molar-refractivity contribution in [3.8, 4) is 0 Å². The van der Waals surface area contributed by atoms with Crippen LogP contribution in [0.15, 0.2) is 30.7 Å². The minimum absolute atomic E-state index is 0.0679. The van der Waals surface area contributed by atoms with Crippen molar-refractivity contribution in [2.45, 2.75) is 26.8 Å². The van der Waals surface area contributed by atoms with Gasteiger partial charge in [-0.1, -0.05) is 0 Å². The van der Waals surface area contributed by atoms with Gasteiger partial charge in [0.2, 0.25) is 0 Å². The highest BCUT2D eigenvalue weighted by molar-refractivity contribution is 5.92. The Morgan fingerprint density at radius 3 is 2.96 bits per heavy atom. The summed E-state index contributed by atoms with van der Waals surface area (Å²) in [5, 5.41) is 17.9. The van der Waals surface area contributed by atoms with E-state index in [0.29, 0.717) is 17.9 Å². The molecule has 0 fully saturated rings. The molecule has 0 aliphatic carbocycles. The maximum Gasteiger partial charge on any atom is 0.319 e. The van der Waals surface area contributed by atoms with Crippen molar-refractivity contribution in [1.29, 1.82) is 0 Å². The Kier molecular flexibility index (Phi) is 3.96. The third-order valence-corrected chi connectivity index (χ3v) is 3.59. The molecule has 0 aliphatic heterocycles. The number of nitrogens with one attached hydrogen (secondary N) is 2. The first kappa shape index (κ1) is 15.0. The lowest BCUT2D eigenvalue weighted by Crippen LogP contribution is -2.33. The highest BCUT2D eigenvalue weighted by atomic mass is 16.2. The lowest BCUT2D eigenvalue weighted by Gasteiger charge is -2.15. The van der Waals surface area contributed by atoms with Gasteiger partial charge in [0, 0.05) is 18.4 Å². The molecule has 3 heterocycles. The Morgan fingerprint density at radius 1 is 1.39 bits per heavy atom. The Balaban J connectivity index is 1.61. The van der Waals surface area contributed by atoms with E-state index in [1.165, 1.54) is 0 Å². The fourth-order valence-electron chi connectivity index (χ4n) is 2.53. The predicted molar refractivity (Wildman–Crippen MR) is 86.4 cm³/mol. The van der Waals surface area contributed by atoms with Gasteiger partial charge < -0.3 is 10.6 Å². The van der Waals surface area contributed by atoms with Crippen LogP contribution in [0.1, 0.15) is 24.4 Å². The molecule has 0 saturated heterocycles. The standard InChI is InChI=1S/C15H19N7O/c1-10-7-11(2)22(20-10)12(3)8-16-15(23)18-13-5-4-6-21-9-17-19-14(13)21/h4-7,9,12H,8H2,1-3H3,(H2,16,18,23)/t12-/m1/s1. The lowest BCUT2D eigenvalue weighted by atomic mass is 10.3. The number of carbonyl (C=O) groups excluding carboxylic acids is 1. The van der Waals surface area contributed by atoms with E-state index < -0.39 is 0 Å². The first-order chi connectivity index (χ1) is 11.0. The van der Waals surface area contributed by atoms with Gasteiger partial charge in [0.1, 0.15) is 6.33 Å². The molecule has 8 nitrogen and oxygen atoms in total. The summed E-state index contributed by atoms with van der Waals surface area (Å²) in [4.78, 5) is 12.1. The largest absolute Gasteiger partial charge is 0.336 e. The number of aryl methyl sites for hydroxylation is 2. The second-order valence-electron chi connectivity index (χ2n) is 5.54. The summed E-state index contributed by atoms with van der Waals surface area (Å²) >= 11 is 0. The number of nitrogens with zero attached hydrogens (tertiary/aromatic N) is 5. The van der Waals surface area contributed by atoms with Crippen LogP contribution in [0, 0.1) is 13.8 Å². The molecular formula is C15H19N7O. The zero-order valence-electron chi connectivity index (χ0n) is 13.3. The number of urea groups is 1. The maximum absolute atomic E-state index is 12.1. The van der Waals surface area contributed by atoms with Gasteiger partial charge in [0.05, 0.1) is 17.4 Å². The summed E-state index contributed by atoms with van der Waals surface area (Å²) in [5.41, 5.74) is 3.26. The molecule has 120 valence electrons. The fraction of sp³-hybridized carbons (Fsp3) is 0.333. The van der Waals surface area contributed by atoms with Gasteiger partial charge in [0.25, 0.3) is 0 Å². The molecule has 3 aromatic rings. The number of pyridine rings is 1. The van der Waals surface area contributed by atoms with Crippen LogP contribution in [-0.4, -0.2) is 37.0 Å². The van der Waals surface area contributed by atoms with Crippen molar-refractivity contribution in [2.24, 2.45) is 0 Å². The number of aromatic nitrogens is 5. The Labute approximate surface area is 133 Å². The summed E-state index contributed by atoms with van der Waals surface area (Å²) in [6.45, 7) is 6.45. The number of hydrogen-bond donors (Lipinski definition) is 2. The minimum atomic E-state index is -0.283. The monoisotopic (exact) mass is 313 g/mol. The van der Waals surface area contributed by atoms with E-state index in [0.717, 1.165) is 11.4 Å². The summed E-state index contributed by atoms with van der Waals surface area (Å²) in [6, 6.07) is 5.41. The van der Waals surface area contributed by atoms with Gasteiger partial charge in [-0.2, -0.15) is 5.10 Å². The van der Waals surface area contributed by atoms with Crippen LogP contribution in [0.2, 0.25) is 0 Å². The van der Waals surface area contributed by atoms with Crippen LogP contribution in [0.4, 0.5) is 10.5 Å². The molecule has 3 rings (SSSR count). The molecule has 0 aliphatic rings. The molecule has 0 radical (unpaired) electrons. The molecule has 3 aromatic heterocycles. The van der Waals surface area contributed by atoms with E-state index in [-0.39, 0.29) is 12.1 Å². The average Bonchev–Trinajstić information content (AvgIpc) is 3.11. The Bertz CT molecular complexity index is 835. The van der Waals surface area contributed by atoms with Crippen molar-refractivity contribution >= 4 is 17.4 Å². The molecule has 8 heteroatoms. The van der Waals surface area contributed by atoms with Crippen LogP contribution in [-0.2, 0) is 0 Å². The van der Waals surface area contributed by atoms with Crippen molar-refractivity contribution in [3.63, 3.8) is 0 Å². The summed E-state index contributed by atoms with van der Waals surface area (Å²) in [6.07, 6.45) is 3.41. The molecule has 1 atom stereocenters. The Morgan fingerprint density at radius 2 is 2.22 bits per heavy atom. The molecule has 0 unspecified atom stereocenters. The quantitative estimate of drug-likeness (QED) is 0.770. The minimum Gasteiger partial charge on any atom is -0.336 e. The van der Waals surface area contributed by atoms with Gasteiger partial charge in [-0.15, -0.1) is 10.2 Å². The summed E-state index contributed by atoms with van der Waals surface area (Å²) in [5.74, 6) is 0. The van der Waals surface area contributed by atoms with E-state index >= 15 is 0 Å². The van der Waals surface area contributed by atoms with E-state index in [9.17, 15) is 4.79 Å². The fourth-order valence-corrected chi connectivity index (χ4v) is 2.53. The number of amides is 2. The molecule has 23 heavy (non-hydrogen) atoms. The number of anilines is 1. The molecule has 0 bridgehead atoms. The van der Waals surface area contributed by atoms with Gasteiger partial charge >= 0.3 is 6.03 Å². The van der Waals surface area contributed by atoms with Crippen molar-refractivity contribution < 1.29 is 4.79 Å². The van der Waals surface area contributed by atoms with Crippen molar-refractivity contribution in [2.75, 3.05) is 11.9 Å². The van der Waals surface area contributed by atoms with E-state index in [2.05, 4.69) is 25.9 Å². The first-order valence-electron chi connectivity index (χ1n) is 7.40. The van der Waals surface area contributed by atoms with E-state index in [1.54, 1.807) is 16.8 Å². The number of carbonyl (C=O) groups is 1. The SMILES string of the molecule is Cc1cc(C)n([C@H](C)CNC(=O)Nc2cccn3cnnc23)n1. The molecule has 0 saturated carbocycles. The van der Waals surface area contributed by atoms with Crippen LogP contribution >= 0.6 is 0 Å². The summed E-state index contributed by atoms with van der Waals surface area (Å²) < 4.78 is 3.66. The third-order valence-electron chi connectivity index (χ3n) is 3.59. The molecule has 0 spiro atoms. The molecule has 0 aromatic carbocycles. The van der Waals surface area contributed by atoms with Crippen molar-refractivity contribution in [1.82, 2.24) is 29.7 Å². The first-order valence-corrected chi connectivity index (χ1v) is 7.40. The van der Waals surface area contributed by atoms with Gasteiger partial charge in [0.15, 0.2) is 5.65 Å². The van der Waals surface area contributed by atoms with Crippen LogP contribution < -0.4 is 10.6 Å². The molecule has 2 amide bonds. The lowest BCUT2D eigenvalue weighted by molar-refractivity contribution is 0.250. The Hall–Kier alpha value is -2.90. The molecular weight excluding hydrogens is 294 g/mol. The highest BCUT2D eigenvalue weighted by Crippen LogP contribution is 2.13. The topological polar surface area (TPSA) is 89.1 Å². The zero-order chi connectivity index (χ0) is 16.4.